The van der Waals surface area contributed by atoms with Gasteiger partial charge in [-0.25, -0.2) is 0 Å². The number of hydrogen-bond acceptors (Lipinski definition) is 3. The molecule has 1 aromatic rings. The Balaban J connectivity index is 2.21. The van der Waals surface area contributed by atoms with Gasteiger partial charge in [-0.2, -0.15) is 11.8 Å². The highest BCUT2D eigenvalue weighted by Gasteiger charge is 1.99. The molecule has 4 nitrogen and oxygen atoms in total. The van der Waals surface area contributed by atoms with Crippen molar-refractivity contribution in [2.75, 3.05) is 12.3 Å². The van der Waals surface area contributed by atoms with Gasteiger partial charge in [-0.05, 0) is 23.4 Å². The Morgan fingerprint density at radius 3 is 2.93 bits per heavy atom. The molecule has 1 heterocycles. The number of furan rings is 1. The molecule has 0 bridgehead atoms. The molecular formula is C9H13N3OS. The average molecular weight is 211 g/mol. The second kappa shape index (κ2) is 6.40. The molecule has 0 amide bonds. The highest BCUT2D eigenvalue weighted by Crippen LogP contribution is 2.15. The molecule has 0 atom stereocenters. The van der Waals surface area contributed by atoms with Gasteiger partial charge in [-0.15, -0.1) is 0 Å². The van der Waals surface area contributed by atoms with Crippen LogP contribution in [0.1, 0.15) is 18.4 Å². The highest BCUT2D eigenvalue weighted by atomic mass is 32.2. The van der Waals surface area contributed by atoms with Gasteiger partial charge in [0, 0.05) is 17.9 Å². The third-order valence-corrected chi connectivity index (χ3v) is 2.67. The van der Waals surface area contributed by atoms with E-state index in [0.717, 1.165) is 29.4 Å². The molecular weight excluding hydrogens is 198 g/mol. The highest BCUT2D eigenvalue weighted by molar-refractivity contribution is 7.98. The summed E-state index contributed by atoms with van der Waals surface area (Å²) in [5, 5.41) is 3.45. The van der Waals surface area contributed by atoms with Gasteiger partial charge in [0.05, 0.1) is 5.75 Å². The standard InChI is InChI=1S/C9H13N3OS/c1-2-8-3-4-9(13-8)7-14-6-5-11-12-10/h3-4H,2,5-7H2,1H3. The summed E-state index contributed by atoms with van der Waals surface area (Å²) in [6.07, 6.45) is 0.934. The minimum absolute atomic E-state index is 0.544. The molecule has 0 fully saturated rings. The van der Waals surface area contributed by atoms with E-state index < -0.39 is 0 Å². The van der Waals surface area contributed by atoms with Crippen molar-refractivity contribution in [2.45, 2.75) is 19.1 Å². The van der Waals surface area contributed by atoms with Crippen molar-refractivity contribution in [1.82, 2.24) is 0 Å². The average Bonchev–Trinajstić information content (AvgIpc) is 2.65. The lowest BCUT2D eigenvalue weighted by molar-refractivity contribution is 0.485. The predicted octanol–water partition coefficient (Wildman–Crippen LogP) is 3.39. The SMILES string of the molecule is CCc1ccc(CSCCN=[N+]=[N-])o1. The van der Waals surface area contributed by atoms with Crippen molar-refractivity contribution >= 4 is 11.8 Å². The third-order valence-electron chi connectivity index (χ3n) is 1.71. The molecule has 0 saturated carbocycles. The van der Waals surface area contributed by atoms with Crippen LogP contribution in [0.25, 0.3) is 10.4 Å². The summed E-state index contributed by atoms with van der Waals surface area (Å²) >= 11 is 1.71. The maximum absolute atomic E-state index is 8.05. The van der Waals surface area contributed by atoms with Crippen molar-refractivity contribution in [3.05, 3.63) is 34.1 Å². The van der Waals surface area contributed by atoms with Crippen LogP contribution in [0, 0.1) is 0 Å². The summed E-state index contributed by atoms with van der Waals surface area (Å²) < 4.78 is 5.52. The van der Waals surface area contributed by atoms with Crippen molar-refractivity contribution in [2.24, 2.45) is 5.11 Å². The molecule has 0 unspecified atom stereocenters. The summed E-state index contributed by atoms with van der Waals surface area (Å²) in [5.74, 6) is 3.70. The lowest BCUT2D eigenvalue weighted by Crippen LogP contribution is -1.84. The first-order valence-electron chi connectivity index (χ1n) is 4.53. The van der Waals surface area contributed by atoms with Crippen LogP contribution in [-0.2, 0) is 12.2 Å². The molecule has 5 heteroatoms. The minimum Gasteiger partial charge on any atom is -0.465 e. The van der Waals surface area contributed by atoms with E-state index in [2.05, 4.69) is 16.9 Å². The van der Waals surface area contributed by atoms with Crippen LogP contribution in [0.15, 0.2) is 21.7 Å². The van der Waals surface area contributed by atoms with Gasteiger partial charge in [-0.3, -0.25) is 0 Å². The minimum atomic E-state index is 0.544. The molecule has 0 aliphatic heterocycles. The quantitative estimate of drug-likeness (QED) is 0.313. The van der Waals surface area contributed by atoms with Gasteiger partial charge in [0.15, 0.2) is 0 Å². The van der Waals surface area contributed by atoms with Crippen LogP contribution in [0.3, 0.4) is 0 Å². The summed E-state index contributed by atoms with van der Waals surface area (Å²) in [6.45, 7) is 2.61. The van der Waals surface area contributed by atoms with Crippen LogP contribution in [0.2, 0.25) is 0 Å². The van der Waals surface area contributed by atoms with Gasteiger partial charge in [0.1, 0.15) is 11.5 Å². The van der Waals surface area contributed by atoms with Gasteiger partial charge >= 0.3 is 0 Å². The maximum atomic E-state index is 8.05. The van der Waals surface area contributed by atoms with E-state index in [1.165, 1.54) is 0 Å². The smallest absolute Gasteiger partial charge is 0.114 e. The summed E-state index contributed by atoms with van der Waals surface area (Å²) in [4.78, 5) is 2.69. The Morgan fingerprint density at radius 1 is 1.50 bits per heavy atom. The number of nitrogens with zero attached hydrogens (tertiary/aromatic N) is 3. The van der Waals surface area contributed by atoms with Gasteiger partial charge in [0.25, 0.3) is 0 Å². The molecule has 0 aliphatic carbocycles. The zero-order valence-corrected chi connectivity index (χ0v) is 8.96. The number of aryl methyl sites for hydroxylation is 1. The van der Waals surface area contributed by atoms with E-state index in [-0.39, 0.29) is 0 Å². The van der Waals surface area contributed by atoms with Crippen LogP contribution >= 0.6 is 11.8 Å². The van der Waals surface area contributed by atoms with E-state index in [4.69, 9.17) is 9.95 Å². The number of thioether (sulfide) groups is 1. The second-order valence-corrected chi connectivity index (χ2v) is 3.83. The molecule has 0 radical (unpaired) electrons. The molecule has 76 valence electrons. The van der Waals surface area contributed by atoms with Crippen molar-refractivity contribution in [3.8, 4) is 0 Å². The van der Waals surface area contributed by atoms with Crippen molar-refractivity contribution < 1.29 is 4.42 Å². The van der Waals surface area contributed by atoms with E-state index in [1.54, 1.807) is 11.8 Å². The predicted molar refractivity (Wildman–Crippen MR) is 58.3 cm³/mol. The van der Waals surface area contributed by atoms with Gasteiger partial charge in [-0.1, -0.05) is 12.0 Å². The first-order valence-corrected chi connectivity index (χ1v) is 5.68. The van der Waals surface area contributed by atoms with Crippen LogP contribution in [-0.4, -0.2) is 12.3 Å². The Morgan fingerprint density at radius 2 is 2.29 bits per heavy atom. The maximum Gasteiger partial charge on any atom is 0.114 e. The van der Waals surface area contributed by atoms with Crippen molar-refractivity contribution in [3.63, 3.8) is 0 Å². The van der Waals surface area contributed by atoms with Crippen molar-refractivity contribution in [1.29, 1.82) is 0 Å². The molecule has 0 saturated heterocycles. The van der Waals surface area contributed by atoms with E-state index in [9.17, 15) is 0 Å². The van der Waals surface area contributed by atoms with E-state index >= 15 is 0 Å². The fourth-order valence-electron chi connectivity index (χ4n) is 1.01. The Kier molecular flexibility index (Phi) is 5.04. The summed E-state index contributed by atoms with van der Waals surface area (Å²) in [6, 6.07) is 4.00. The molecule has 1 rings (SSSR count). The van der Waals surface area contributed by atoms with Crippen LogP contribution < -0.4 is 0 Å². The first kappa shape index (κ1) is 11.0. The first-order chi connectivity index (χ1) is 6.86. The normalized spacial score (nSPS) is 9.79. The number of rotatable bonds is 6. The van der Waals surface area contributed by atoms with Crippen LogP contribution in [0.5, 0.6) is 0 Å². The van der Waals surface area contributed by atoms with E-state index in [0.29, 0.717) is 6.54 Å². The van der Waals surface area contributed by atoms with Crippen LogP contribution in [0.4, 0.5) is 0 Å². The molecule has 0 aromatic carbocycles. The largest absolute Gasteiger partial charge is 0.465 e. The van der Waals surface area contributed by atoms with E-state index in [1.807, 2.05) is 12.1 Å². The molecule has 14 heavy (non-hydrogen) atoms. The zero-order valence-electron chi connectivity index (χ0n) is 8.14. The fourth-order valence-corrected chi connectivity index (χ4v) is 1.72. The number of hydrogen-bond donors (Lipinski definition) is 0. The van der Waals surface area contributed by atoms with Gasteiger partial charge in [0.2, 0.25) is 0 Å². The molecule has 0 N–H and O–H groups in total. The number of azide groups is 1. The monoisotopic (exact) mass is 211 g/mol. The second-order valence-electron chi connectivity index (χ2n) is 2.73. The Hall–Kier alpha value is -1.06. The van der Waals surface area contributed by atoms with Gasteiger partial charge < -0.3 is 4.42 Å². The summed E-state index contributed by atoms with van der Waals surface area (Å²) in [5.41, 5.74) is 8.05. The lowest BCUT2D eigenvalue weighted by Gasteiger charge is -1.95. The Labute approximate surface area is 87.3 Å². The Bertz CT molecular complexity index is 318. The molecule has 0 spiro atoms. The topological polar surface area (TPSA) is 61.9 Å². The zero-order chi connectivity index (χ0) is 10.2. The summed E-state index contributed by atoms with van der Waals surface area (Å²) in [7, 11) is 0. The lowest BCUT2D eigenvalue weighted by atomic mass is 10.4. The molecule has 0 aliphatic rings. The third kappa shape index (κ3) is 3.77. The molecule has 1 aromatic heterocycles. The fraction of sp³-hybridized carbons (Fsp3) is 0.556.